The van der Waals surface area contributed by atoms with E-state index in [1.54, 1.807) is 17.8 Å². The molecule has 0 fully saturated rings. The zero-order valence-electron chi connectivity index (χ0n) is 10.3. The highest BCUT2D eigenvalue weighted by molar-refractivity contribution is 7.98. The normalized spacial score (nSPS) is 10.1. The molecule has 2 aromatic rings. The minimum atomic E-state index is -0.335. The standard InChI is InChI=1S/C13H12FN3OS/c1-17-13(15-9-16-17)19-8-11-5-10(3-2-4-18)6-12(14)7-11/h5-7,9,18H,4,8H2,1H3. The minimum Gasteiger partial charge on any atom is -0.384 e. The van der Waals surface area contributed by atoms with Crippen molar-refractivity contribution < 1.29 is 9.50 Å². The van der Waals surface area contributed by atoms with Gasteiger partial charge < -0.3 is 5.11 Å². The van der Waals surface area contributed by atoms with E-state index in [9.17, 15) is 4.39 Å². The molecule has 1 aromatic carbocycles. The summed E-state index contributed by atoms with van der Waals surface area (Å²) >= 11 is 1.47. The van der Waals surface area contributed by atoms with Gasteiger partial charge in [-0.05, 0) is 23.8 Å². The van der Waals surface area contributed by atoms with Crippen LogP contribution >= 0.6 is 11.8 Å². The van der Waals surface area contributed by atoms with Gasteiger partial charge in [0.2, 0.25) is 0 Å². The van der Waals surface area contributed by atoms with Crippen LogP contribution in [-0.2, 0) is 12.8 Å². The van der Waals surface area contributed by atoms with Crippen molar-refractivity contribution in [3.63, 3.8) is 0 Å². The average Bonchev–Trinajstić information content (AvgIpc) is 2.79. The van der Waals surface area contributed by atoms with E-state index in [0.29, 0.717) is 11.3 Å². The van der Waals surface area contributed by atoms with E-state index in [1.165, 1.54) is 30.2 Å². The Bertz CT molecular complexity index is 630. The molecule has 98 valence electrons. The van der Waals surface area contributed by atoms with E-state index >= 15 is 0 Å². The van der Waals surface area contributed by atoms with Crippen molar-refractivity contribution in [2.24, 2.45) is 7.05 Å². The number of benzene rings is 1. The first kappa shape index (κ1) is 13.6. The number of aromatic nitrogens is 3. The number of aliphatic hydroxyl groups excluding tert-OH is 1. The number of thioether (sulfide) groups is 1. The number of hydrogen-bond donors (Lipinski definition) is 1. The molecule has 4 nitrogen and oxygen atoms in total. The molecule has 0 radical (unpaired) electrons. The van der Waals surface area contributed by atoms with Crippen LogP contribution in [0.4, 0.5) is 4.39 Å². The fraction of sp³-hybridized carbons (Fsp3) is 0.231. The van der Waals surface area contributed by atoms with Gasteiger partial charge in [-0.3, -0.25) is 0 Å². The van der Waals surface area contributed by atoms with Crippen LogP contribution in [0.3, 0.4) is 0 Å². The summed E-state index contributed by atoms with van der Waals surface area (Å²) in [4.78, 5) is 4.09. The van der Waals surface area contributed by atoms with Gasteiger partial charge in [-0.25, -0.2) is 14.1 Å². The predicted octanol–water partition coefficient (Wildman–Crippen LogP) is 1.59. The Balaban J connectivity index is 2.12. The monoisotopic (exact) mass is 277 g/mol. The largest absolute Gasteiger partial charge is 0.384 e. The van der Waals surface area contributed by atoms with Gasteiger partial charge in [-0.15, -0.1) is 0 Å². The van der Waals surface area contributed by atoms with Crippen molar-refractivity contribution in [1.29, 1.82) is 0 Å². The van der Waals surface area contributed by atoms with Crippen molar-refractivity contribution in [3.8, 4) is 11.8 Å². The van der Waals surface area contributed by atoms with Crippen LogP contribution in [0, 0.1) is 17.7 Å². The van der Waals surface area contributed by atoms with Gasteiger partial charge in [0.15, 0.2) is 5.16 Å². The molecular formula is C13H12FN3OS. The molecule has 1 heterocycles. The summed E-state index contributed by atoms with van der Waals surface area (Å²) in [6.45, 7) is -0.237. The summed E-state index contributed by atoms with van der Waals surface area (Å²) in [5.74, 6) is 5.45. The summed E-state index contributed by atoms with van der Waals surface area (Å²) < 4.78 is 15.1. The summed E-state index contributed by atoms with van der Waals surface area (Å²) in [5, 5.41) is 13.4. The second-order valence-electron chi connectivity index (χ2n) is 3.76. The van der Waals surface area contributed by atoms with Crippen molar-refractivity contribution in [2.45, 2.75) is 10.9 Å². The summed E-state index contributed by atoms with van der Waals surface area (Å²) in [6, 6.07) is 4.61. The molecular weight excluding hydrogens is 265 g/mol. The maximum atomic E-state index is 13.4. The SMILES string of the molecule is Cn1ncnc1SCc1cc(F)cc(C#CCO)c1. The Morgan fingerprint density at radius 1 is 1.42 bits per heavy atom. The highest BCUT2D eigenvalue weighted by atomic mass is 32.2. The number of rotatable bonds is 3. The molecule has 0 saturated carbocycles. The Labute approximate surface area is 114 Å². The third-order valence-electron chi connectivity index (χ3n) is 2.31. The van der Waals surface area contributed by atoms with Crippen molar-refractivity contribution in [2.75, 3.05) is 6.61 Å². The summed E-state index contributed by atoms with van der Waals surface area (Å²) in [5.41, 5.74) is 1.37. The van der Waals surface area contributed by atoms with Gasteiger partial charge in [0.1, 0.15) is 18.8 Å². The third-order valence-corrected chi connectivity index (χ3v) is 3.41. The molecule has 0 atom stereocenters. The highest BCUT2D eigenvalue weighted by Crippen LogP contribution is 2.21. The molecule has 2 rings (SSSR count). The molecule has 0 amide bonds. The van der Waals surface area contributed by atoms with Crippen LogP contribution in [0.15, 0.2) is 29.7 Å². The van der Waals surface area contributed by atoms with E-state index < -0.39 is 0 Å². The lowest BCUT2D eigenvalue weighted by atomic mass is 10.1. The summed E-state index contributed by atoms with van der Waals surface area (Å²) in [7, 11) is 1.80. The maximum absolute atomic E-state index is 13.4. The zero-order chi connectivity index (χ0) is 13.7. The summed E-state index contributed by atoms with van der Waals surface area (Å²) in [6.07, 6.45) is 1.48. The van der Waals surface area contributed by atoms with Gasteiger partial charge in [0, 0.05) is 18.4 Å². The molecule has 19 heavy (non-hydrogen) atoms. The molecule has 6 heteroatoms. The van der Waals surface area contributed by atoms with E-state index in [-0.39, 0.29) is 12.4 Å². The second kappa shape index (κ2) is 6.36. The Morgan fingerprint density at radius 3 is 2.95 bits per heavy atom. The average molecular weight is 277 g/mol. The molecule has 1 aromatic heterocycles. The number of aliphatic hydroxyl groups is 1. The minimum absolute atomic E-state index is 0.237. The number of aryl methyl sites for hydroxylation is 1. The van der Waals surface area contributed by atoms with E-state index in [2.05, 4.69) is 21.9 Å². The lowest BCUT2D eigenvalue weighted by Crippen LogP contribution is -1.94. The van der Waals surface area contributed by atoms with Gasteiger partial charge in [-0.1, -0.05) is 23.6 Å². The van der Waals surface area contributed by atoms with E-state index in [1.807, 2.05) is 0 Å². The van der Waals surface area contributed by atoms with Crippen LogP contribution < -0.4 is 0 Å². The molecule has 0 aliphatic heterocycles. The topological polar surface area (TPSA) is 50.9 Å². The van der Waals surface area contributed by atoms with Crippen molar-refractivity contribution >= 4 is 11.8 Å². The van der Waals surface area contributed by atoms with Crippen LogP contribution in [-0.4, -0.2) is 26.5 Å². The first-order valence-electron chi connectivity index (χ1n) is 5.55. The first-order valence-corrected chi connectivity index (χ1v) is 6.53. The molecule has 0 aliphatic rings. The number of nitrogens with zero attached hydrogens (tertiary/aromatic N) is 3. The molecule has 0 aliphatic carbocycles. The van der Waals surface area contributed by atoms with Crippen molar-refractivity contribution in [1.82, 2.24) is 14.8 Å². The van der Waals surface area contributed by atoms with Crippen molar-refractivity contribution in [3.05, 3.63) is 41.5 Å². The Kier molecular flexibility index (Phi) is 4.55. The van der Waals surface area contributed by atoms with Crippen LogP contribution in [0.2, 0.25) is 0 Å². The molecule has 0 unspecified atom stereocenters. The fourth-order valence-corrected chi connectivity index (χ4v) is 2.33. The van der Waals surface area contributed by atoms with Crippen LogP contribution in [0.25, 0.3) is 0 Å². The van der Waals surface area contributed by atoms with E-state index in [0.717, 1.165) is 10.7 Å². The fourth-order valence-electron chi connectivity index (χ4n) is 1.51. The Morgan fingerprint density at radius 2 is 2.26 bits per heavy atom. The van der Waals surface area contributed by atoms with E-state index in [4.69, 9.17) is 5.11 Å². The lowest BCUT2D eigenvalue weighted by Gasteiger charge is -2.02. The molecule has 0 bridgehead atoms. The smallest absolute Gasteiger partial charge is 0.186 e. The predicted molar refractivity (Wildman–Crippen MR) is 70.9 cm³/mol. The maximum Gasteiger partial charge on any atom is 0.186 e. The zero-order valence-corrected chi connectivity index (χ0v) is 11.1. The number of halogens is 1. The quantitative estimate of drug-likeness (QED) is 0.684. The second-order valence-corrected chi connectivity index (χ2v) is 4.71. The van der Waals surface area contributed by atoms with Gasteiger partial charge in [0.05, 0.1) is 0 Å². The molecule has 0 spiro atoms. The number of hydrogen-bond acceptors (Lipinski definition) is 4. The highest BCUT2D eigenvalue weighted by Gasteiger charge is 2.04. The molecule has 1 N–H and O–H groups in total. The lowest BCUT2D eigenvalue weighted by molar-refractivity contribution is 0.350. The first-order chi connectivity index (χ1) is 9.19. The third kappa shape index (κ3) is 3.81. The van der Waals surface area contributed by atoms with Crippen LogP contribution in [0.1, 0.15) is 11.1 Å². The van der Waals surface area contributed by atoms with Gasteiger partial charge in [-0.2, -0.15) is 5.10 Å². The Hall–Kier alpha value is -1.84. The van der Waals surface area contributed by atoms with Gasteiger partial charge >= 0.3 is 0 Å². The molecule has 0 saturated heterocycles. The van der Waals surface area contributed by atoms with Gasteiger partial charge in [0.25, 0.3) is 0 Å². The van der Waals surface area contributed by atoms with Crippen LogP contribution in [0.5, 0.6) is 0 Å².